The largest absolute Gasteiger partial charge is 0.340 e. The zero-order chi connectivity index (χ0) is 22.0. The van der Waals surface area contributed by atoms with Crippen LogP contribution in [0.25, 0.3) is 0 Å². The number of benzene rings is 2. The summed E-state index contributed by atoms with van der Waals surface area (Å²) in [7, 11) is -3.31. The lowest BCUT2D eigenvalue weighted by Gasteiger charge is -2.28. The van der Waals surface area contributed by atoms with Gasteiger partial charge in [-0.2, -0.15) is 0 Å². The van der Waals surface area contributed by atoms with Gasteiger partial charge in [0, 0.05) is 12.2 Å². The van der Waals surface area contributed by atoms with Gasteiger partial charge in [-0.25, -0.2) is 8.42 Å². The maximum absolute atomic E-state index is 12.5. The molecule has 31 heavy (non-hydrogen) atoms. The number of para-hydroxylation sites is 1. The van der Waals surface area contributed by atoms with Gasteiger partial charge in [0.1, 0.15) is 6.04 Å². The normalized spacial score (nSPS) is 20.1. The summed E-state index contributed by atoms with van der Waals surface area (Å²) in [6, 6.07) is 12.1. The van der Waals surface area contributed by atoms with Gasteiger partial charge < -0.3 is 16.0 Å². The molecule has 3 N–H and O–H groups in total. The molecule has 1 atom stereocenters. The number of amides is 3. The summed E-state index contributed by atoms with van der Waals surface area (Å²) in [4.78, 5) is 37.2. The Labute approximate surface area is 179 Å². The first kappa shape index (κ1) is 20.9. The van der Waals surface area contributed by atoms with Crippen molar-refractivity contribution in [3.05, 3.63) is 54.1 Å². The summed E-state index contributed by atoms with van der Waals surface area (Å²) in [6.07, 6.45) is 1.22. The van der Waals surface area contributed by atoms with Gasteiger partial charge in [0.25, 0.3) is 5.91 Å². The molecule has 2 heterocycles. The number of carbonyl (C=O) groups excluding carboxylic acids is 3. The van der Waals surface area contributed by atoms with Crippen molar-refractivity contribution in [1.82, 2.24) is 5.32 Å². The highest BCUT2D eigenvalue weighted by Gasteiger charge is 2.29. The van der Waals surface area contributed by atoms with Crippen molar-refractivity contribution in [2.24, 2.45) is 0 Å². The van der Waals surface area contributed by atoms with Crippen LogP contribution >= 0.6 is 0 Å². The lowest BCUT2D eigenvalue weighted by molar-refractivity contribution is -0.122. The Balaban J connectivity index is 1.40. The molecule has 0 unspecified atom stereocenters. The van der Waals surface area contributed by atoms with E-state index in [1.165, 1.54) is 4.31 Å². The SMILES string of the molecule is O=C(C[C@@H]1NC(=O)c2ccccc2NC1=O)Nc1ccc(N2CCCCS2(=O)=O)cc1. The second-order valence-electron chi connectivity index (χ2n) is 7.46. The molecule has 2 aromatic carbocycles. The Morgan fingerprint density at radius 2 is 1.81 bits per heavy atom. The second kappa shape index (κ2) is 8.38. The van der Waals surface area contributed by atoms with Gasteiger partial charge in [-0.3, -0.25) is 18.7 Å². The van der Waals surface area contributed by atoms with Crippen LogP contribution in [-0.2, 0) is 19.6 Å². The van der Waals surface area contributed by atoms with Gasteiger partial charge in [-0.05, 0) is 49.2 Å². The van der Waals surface area contributed by atoms with E-state index < -0.39 is 33.8 Å². The zero-order valence-electron chi connectivity index (χ0n) is 16.6. The molecule has 0 spiro atoms. The molecule has 3 amide bonds. The average molecular weight is 442 g/mol. The van der Waals surface area contributed by atoms with E-state index in [2.05, 4.69) is 16.0 Å². The average Bonchev–Trinajstić information content (AvgIpc) is 2.85. The number of nitrogens with one attached hydrogen (secondary N) is 3. The first-order chi connectivity index (χ1) is 14.8. The molecule has 0 radical (unpaired) electrons. The van der Waals surface area contributed by atoms with Crippen LogP contribution in [0.3, 0.4) is 0 Å². The van der Waals surface area contributed by atoms with Crippen molar-refractivity contribution in [3.63, 3.8) is 0 Å². The van der Waals surface area contributed by atoms with Gasteiger partial charge in [0.05, 0.1) is 29.1 Å². The molecule has 4 rings (SSSR count). The Morgan fingerprint density at radius 3 is 2.55 bits per heavy atom. The standard InChI is InChI=1S/C21H22N4O5S/c26-19(13-18-21(28)23-17-6-2-1-5-16(17)20(27)24-18)22-14-7-9-15(10-8-14)25-11-3-4-12-31(25,29)30/h1-2,5-10,18H,3-4,11-13H2,(H,22,26)(H,23,28)(H,24,27)/t18-/m0/s1. The Kier molecular flexibility index (Phi) is 5.64. The van der Waals surface area contributed by atoms with Crippen LogP contribution in [-0.4, -0.2) is 44.5 Å². The lowest BCUT2D eigenvalue weighted by atomic mass is 10.1. The number of anilines is 3. The number of hydrogen-bond donors (Lipinski definition) is 3. The fraction of sp³-hybridized carbons (Fsp3) is 0.286. The third kappa shape index (κ3) is 4.53. The first-order valence-electron chi connectivity index (χ1n) is 9.94. The molecule has 1 fully saturated rings. The molecule has 2 aliphatic rings. The minimum absolute atomic E-state index is 0.129. The van der Waals surface area contributed by atoms with E-state index in [1.807, 2.05) is 0 Å². The summed E-state index contributed by atoms with van der Waals surface area (Å²) < 4.78 is 25.8. The lowest BCUT2D eigenvalue weighted by Crippen LogP contribution is -2.43. The molecular weight excluding hydrogens is 420 g/mol. The van der Waals surface area contributed by atoms with Crippen molar-refractivity contribution < 1.29 is 22.8 Å². The van der Waals surface area contributed by atoms with Crippen molar-refractivity contribution in [2.75, 3.05) is 27.2 Å². The van der Waals surface area contributed by atoms with E-state index in [1.54, 1.807) is 48.5 Å². The molecule has 0 aliphatic carbocycles. The van der Waals surface area contributed by atoms with Crippen LogP contribution in [0, 0.1) is 0 Å². The van der Waals surface area contributed by atoms with Crippen molar-refractivity contribution in [3.8, 4) is 0 Å². The summed E-state index contributed by atoms with van der Waals surface area (Å²) in [5, 5.41) is 7.92. The predicted molar refractivity (Wildman–Crippen MR) is 116 cm³/mol. The van der Waals surface area contributed by atoms with E-state index in [0.717, 1.165) is 6.42 Å². The molecule has 162 valence electrons. The van der Waals surface area contributed by atoms with Crippen LogP contribution in [0.5, 0.6) is 0 Å². The summed E-state index contributed by atoms with van der Waals surface area (Å²) in [5.41, 5.74) is 1.75. The van der Waals surface area contributed by atoms with E-state index in [-0.39, 0.29) is 12.2 Å². The highest BCUT2D eigenvalue weighted by Crippen LogP contribution is 2.25. The van der Waals surface area contributed by atoms with Crippen LogP contribution < -0.4 is 20.3 Å². The molecule has 1 saturated heterocycles. The Morgan fingerprint density at radius 1 is 1.06 bits per heavy atom. The zero-order valence-corrected chi connectivity index (χ0v) is 17.4. The monoisotopic (exact) mass is 442 g/mol. The van der Waals surface area contributed by atoms with Crippen LogP contribution in [0.4, 0.5) is 17.1 Å². The van der Waals surface area contributed by atoms with E-state index in [4.69, 9.17) is 0 Å². The van der Waals surface area contributed by atoms with Gasteiger partial charge >= 0.3 is 0 Å². The molecule has 0 bridgehead atoms. The maximum Gasteiger partial charge on any atom is 0.254 e. The molecule has 10 heteroatoms. The quantitative estimate of drug-likeness (QED) is 0.665. The second-order valence-corrected chi connectivity index (χ2v) is 9.47. The molecule has 0 saturated carbocycles. The molecular formula is C21H22N4O5S. The van der Waals surface area contributed by atoms with E-state index in [9.17, 15) is 22.8 Å². The minimum Gasteiger partial charge on any atom is -0.340 e. The third-order valence-electron chi connectivity index (χ3n) is 5.23. The fourth-order valence-electron chi connectivity index (χ4n) is 3.64. The smallest absolute Gasteiger partial charge is 0.254 e. The number of hydrogen-bond acceptors (Lipinski definition) is 5. The van der Waals surface area contributed by atoms with Crippen molar-refractivity contribution >= 4 is 44.8 Å². The number of sulfonamides is 1. The summed E-state index contributed by atoms with van der Waals surface area (Å²) in [5.74, 6) is -1.23. The maximum atomic E-state index is 12.5. The molecule has 0 aromatic heterocycles. The molecule has 9 nitrogen and oxygen atoms in total. The van der Waals surface area contributed by atoms with Gasteiger partial charge in [0.2, 0.25) is 21.8 Å². The van der Waals surface area contributed by atoms with E-state index in [0.29, 0.717) is 35.6 Å². The molecule has 2 aromatic rings. The van der Waals surface area contributed by atoms with Crippen LogP contribution in [0.1, 0.15) is 29.6 Å². The van der Waals surface area contributed by atoms with E-state index >= 15 is 0 Å². The molecule has 2 aliphatic heterocycles. The van der Waals surface area contributed by atoms with Crippen molar-refractivity contribution in [2.45, 2.75) is 25.3 Å². The van der Waals surface area contributed by atoms with Crippen LogP contribution in [0.2, 0.25) is 0 Å². The van der Waals surface area contributed by atoms with Gasteiger partial charge in [0.15, 0.2) is 0 Å². The number of fused-ring (bicyclic) bond motifs is 1. The topological polar surface area (TPSA) is 125 Å². The fourth-order valence-corrected chi connectivity index (χ4v) is 5.28. The highest BCUT2D eigenvalue weighted by molar-refractivity contribution is 7.92. The third-order valence-corrected chi connectivity index (χ3v) is 7.10. The van der Waals surface area contributed by atoms with Gasteiger partial charge in [-0.15, -0.1) is 0 Å². The predicted octanol–water partition coefficient (Wildman–Crippen LogP) is 1.70. The summed E-state index contributed by atoms with van der Waals surface area (Å²) in [6.45, 7) is 0.437. The first-order valence-corrected chi connectivity index (χ1v) is 11.6. The summed E-state index contributed by atoms with van der Waals surface area (Å²) >= 11 is 0. The minimum atomic E-state index is -3.31. The number of carbonyl (C=O) groups is 3. The van der Waals surface area contributed by atoms with Gasteiger partial charge in [-0.1, -0.05) is 12.1 Å². The van der Waals surface area contributed by atoms with Crippen LogP contribution in [0.15, 0.2) is 48.5 Å². The van der Waals surface area contributed by atoms with Crippen molar-refractivity contribution in [1.29, 1.82) is 0 Å². The highest BCUT2D eigenvalue weighted by atomic mass is 32.2. The Bertz CT molecular complexity index is 1130. The Hall–Kier alpha value is -3.40. The number of rotatable bonds is 4. The number of nitrogens with zero attached hydrogens (tertiary/aromatic N) is 1.